The van der Waals surface area contributed by atoms with E-state index in [9.17, 15) is 8.42 Å². The number of sulfonamides is 1. The van der Waals surface area contributed by atoms with E-state index in [1.165, 1.54) is 11.3 Å². The van der Waals surface area contributed by atoms with E-state index in [4.69, 9.17) is 5.73 Å². The summed E-state index contributed by atoms with van der Waals surface area (Å²) in [4.78, 5) is 5.45. The van der Waals surface area contributed by atoms with Gasteiger partial charge in [0.25, 0.3) is 0 Å². The number of hydrogen-bond acceptors (Lipinski definition) is 5. The molecule has 1 atom stereocenters. The minimum absolute atomic E-state index is 0.194. The highest BCUT2D eigenvalue weighted by atomic mass is 79.9. The van der Waals surface area contributed by atoms with E-state index in [0.29, 0.717) is 11.0 Å². The number of rotatable bonds is 5. The Labute approximate surface area is 136 Å². The van der Waals surface area contributed by atoms with Crippen molar-refractivity contribution in [1.29, 1.82) is 0 Å². The number of nitrogens with two attached hydrogens (primary N) is 1. The van der Waals surface area contributed by atoms with Crippen molar-refractivity contribution in [3.63, 3.8) is 0 Å². The Bertz CT molecular complexity index is 744. The van der Waals surface area contributed by atoms with Crippen LogP contribution in [-0.4, -0.2) is 13.4 Å². The van der Waals surface area contributed by atoms with E-state index in [-0.39, 0.29) is 10.9 Å². The lowest BCUT2D eigenvalue weighted by Gasteiger charge is -2.13. The summed E-state index contributed by atoms with van der Waals surface area (Å²) in [5, 5.41) is 0.741. The van der Waals surface area contributed by atoms with E-state index in [0.717, 1.165) is 15.4 Å². The summed E-state index contributed by atoms with van der Waals surface area (Å²) >= 11 is 4.76. The Morgan fingerprint density at radius 2 is 2.19 bits per heavy atom. The maximum absolute atomic E-state index is 12.4. The molecule has 2 rings (SSSR count). The third-order valence-electron chi connectivity index (χ3n) is 2.86. The van der Waals surface area contributed by atoms with Gasteiger partial charge in [-0.2, -0.15) is 0 Å². The molecular formula is C13H16BrN3O2S2. The van der Waals surface area contributed by atoms with Crippen LogP contribution in [0, 0.1) is 6.92 Å². The van der Waals surface area contributed by atoms with E-state index in [1.807, 2.05) is 6.92 Å². The fourth-order valence-corrected chi connectivity index (χ4v) is 4.99. The lowest BCUT2D eigenvalue weighted by molar-refractivity contribution is 0.566. The van der Waals surface area contributed by atoms with Gasteiger partial charge in [-0.1, -0.05) is 6.07 Å². The minimum Gasteiger partial charge on any atom is -0.326 e. The number of nitrogens with one attached hydrogen (secondary N) is 1. The Morgan fingerprint density at radius 3 is 2.71 bits per heavy atom. The second kappa shape index (κ2) is 6.53. The number of aromatic nitrogens is 1. The van der Waals surface area contributed by atoms with Crippen LogP contribution in [0.15, 0.2) is 33.8 Å². The highest BCUT2D eigenvalue weighted by molar-refractivity contribution is 9.10. The average Bonchev–Trinajstić information content (AvgIpc) is 2.84. The average molecular weight is 390 g/mol. The second-order valence-corrected chi connectivity index (χ2v) is 8.42. The van der Waals surface area contributed by atoms with Crippen molar-refractivity contribution in [3.8, 4) is 0 Å². The standard InChI is InChI=1S/C13H16BrN3O2S2/c1-8-7-16-13(20-8)9(2)17-21(18,19)12-4-3-10(6-15)5-11(12)14/h3-5,7,9,17H,6,15H2,1-2H3. The van der Waals surface area contributed by atoms with Gasteiger partial charge in [0.15, 0.2) is 0 Å². The van der Waals surface area contributed by atoms with Crippen LogP contribution in [0.4, 0.5) is 0 Å². The quantitative estimate of drug-likeness (QED) is 0.822. The Hall–Kier alpha value is -0.800. The fraction of sp³-hybridized carbons (Fsp3) is 0.308. The Kier molecular flexibility index (Phi) is 5.15. The van der Waals surface area contributed by atoms with E-state index >= 15 is 0 Å². The third kappa shape index (κ3) is 3.89. The first kappa shape index (κ1) is 16.6. The third-order valence-corrected chi connectivity index (χ3v) is 6.48. The second-order valence-electron chi connectivity index (χ2n) is 4.62. The molecule has 114 valence electrons. The lowest BCUT2D eigenvalue weighted by atomic mass is 10.2. The van der Waals surface area contributed by atoms with Crippen LogP contribution in [0.25, 0.3) is 0 Å². The van der Waals surface area contributed by atoms with Crippen molar-refractivity contribution in [3.05, 3.63) is 44.3 Å². The van der Waals surface area contributed by atoms with Crippen molar-refractivity contribution in [2.75, 3.05) is 0 Å². The number of aryl methyl sites for hydroxylation is 1. The molecule has 0 fully saturated rings. The Balaban J connectivity index is 2.26. The number of halogens is 1. The molecule has 0 spiro atoms. The van der Waals surface area contributed by atoms with Crippen LogP contribution in [0.5, 0.6) is 0 Å². The van der Waals surface area contributed by atoms with Gasteiger partial charge in [-0.05, 0) is 47.5 Å². The molecule has 1 aromatic carbocycles. The lowest BCUT2D eigenvalue weighted by Crippen LogP contribution is -2.27. The van der Waals surface area contributed by atoms with Gasteiger partial charge in [0, 0.05) is 22.1 Å². The molecule has 0 bridgehead atoms. The number of hydrogen-bond donors (Lipinski definition) is 2. The highest BCUT2D eigenvalue weighted by Gasteiger charge is 2.22. The summed E-state index contributed by atoms with van der Waals surface area (Å²) in [6.07, 6.45) is 1.73. The van der Waals surface area contributed by atoms with Crippen molar-refractivity contribution < 1.29 is 8.42 Å². The largest absolute Gasteiger partial charge is 0.326 e. The molecule has 21 heavy (non-hydrogen) atoms. The zero-order valence-electron chi connectivity index (χ0n) is 11.6. The van der Waals surface area contributed by atoms with E-state index in [2.05, 4.69) is 25.6 Å². The van der Waals surface area contributed by atoms with Gasteiger partial charge >= 0.3 is 0 Å². The summed E-state index contributed by atoms with van der Waals surface area (Å²) in [6.45, 7) is 4.07. The summed E-state index contributed by atoms with van der Waals surface area (Å²) in [5.41, 5.74) is 6.41. The van der Waals surface area contributed by atoms with Gasteiger partial charge < -0.3 is 5.73 Å². The molecule has 0 amide bonds. The van der Waals surface area contributed by atoms with Gasteiger partial charge in [0.05, 0.1) is 10.9 Å². The number of nitrogens with zero attached hydrogens (tertiary/aromatic N) is 1. The van der Waals surface area contributed by atoms with Gasteiger partial charge in [0.1, 0.15) is 5.01 Å². The van der Waals surface area contributed by atoms with Crippen molar-refractivity contribution >= 4 is 37.3 Å². The maximum atomic E-state index is 12.4. The van der Waals surface area contributed by atoms with Crippen LogP contribution < -0.4 is 10.5 Å². The van der Waals surface area contributed by atoms with Gasteiger partial charge in [0.2, 0.25) is 10.0 Å². The van der Waals surface area contributed by atoms with Gasteiger partial charge in [-0.25, -0.2) is 18.1 Å². The minimum atomic E-state index is -3.63. The smallest absolute Gasteiger partial charge is 0.242 e. The first-order chi connectivity index (χ1) is 9.83. The summed E-state index contributed by atoms with van der Waals surface area (Å²) in [6, 6.07) is 4.59. The van der Waals surface area contributed by atoms with Crippen molar-refractivity contribution in [1.82, 2.24) is 9.71 Å². The molecule has 0 radical (unpaired) electrons. The van der Waals surface area contributed by atoms with Crippen LogP contribution in [0.3, 0.4) is 0 Å². The molecule has 2 aromatic rings. The summed E-state index contributed by atoms with van der Waals surface area (Å²) in [7, 11) is -3.63. The van der Waals surface area contributed by atoms with E-state index < -0.39 is 10.0 Å². The van der Waals surface area contributed by atoms with Crippen LogP contribution in [-0.2, 0) is 16.6 Å². The van der Waals surface area contributed by atoms with Crippen LogP contribution >= 0.6 is 27.3 Å². The monoisotopic (exact) mass is 389 g/mol. The predicted octanol–water partition coefficient (Wildman–Crippen LogP) is 2.71. The molecule has 0 aliphatic rings. The number of benzene rings is 1. The van der Waals surface area contributed by atoms with Crippen molar-refractivity contribution in [2.24, 2.45) is 5.73 Å². The fourth-order valence-electron chi connectivity index (χ4n) is 1.81. The molecule has 5 nitrogen and oxygen atoms in total. The van der Waals surface area contributed by atoms with E-state index in [1.54, 1.807) is 31.3 Å². The molecular weight excluding hydrogens is 374 g/mol. The molecule has 1 heterocycles. The first-order valence-electron chi connectivity index (χ1n) is 6.26. The first-order valence-corrected chi connectivity index (χ1v) is 9.36. The maximum Gasteiger partial charge on any atom is 0.242 e. The molecule has 0 aliphatic carbocycles. The Morgan fingerprint density at radius 1 is 1.48 bits per heavy atom. The molecule has 0 saturated heterocycles. The molecule has 3 N–H and O–H groups in total. The molecule has 8 heteroatoms. The molecule has 1 aromatic heterocycles. The van der Waals surface area contributed by atoms with Gasteiger partial charge in [-0.15, -0.1) is 11.3 Å². The molecule has 1 unspecified atom stereocenters. The number of thiazole rings is 1. The van der Waals surface area contributed by atoms with Crippen LogP contribution in [0.1, 0.15) is 28.4 Å². The summed E-state index contributed by atoms with van der Waals surface area (Å²) < 4.78 is 28.0. The molecule has 0 aliphatic heterocycles. The zero-order valence-corrected chi connectivity index (χ0v) is 14.8. The predicted molar refractivity (Wildman–Crippen MR) is 87.6 cm³/mol. The van der Waals surface area contributed by atoms with Crippen molar-refractivity contribution in [2.45, 2.75) is 31.3 Å². The summed E-state index contributed by atoms with van der Waals surface area (Å²) in [5.74, 6) is 0. The topological polar surface area (TPSA) is 85.1 Å². The van der Waals surface area contributed by atoms with Gasteiger partial charge in [-0.3, -0.25) is 0 Å². The molecule has 0 saturated carbocycles. The normalized spacial score (nSPS) is 13.3. The SMILES string of the molecule is Cc1cnc(C(C)NS(=O)(=O)c2ccc(CN)cc2Br)s1. The highest BCUT2D eigenvalue weighted by Crippen LogP contribution is 2.26. The van der Waals surface area contributed by atoms with Crippen LogP contribution in [0.2, 0.25) is 0 Å². The zero-order chi connectivity index (χ0) is 15.6.